The van der Waals surface area contributed by atoms with E-state index in [0.717, 1.165) is 46.3 Å². The van der Waals surface area contributed by atoms with Gasteiger partial charge in [-0.25, -0.2) is 14.7 Å². The molecule has 1 saturated carbocycles. The van der Waals surface area contributed by atoms with E-state index in [4.69, 9.17) is 0 Å². The van der Waals surface area contributed by atoms with Crippen LogP contribution in [0, 0.1) is 20.8 Å². The fraction of sp³-hybridized carbons (Fsp3) is 0.290. The van der Waals surface area contributed by atoms with Crippen LogP contribution in [0.2, 0.25) is 0 Å². The number of aromatic nitrogens is 3. The molecule has 0 bridgehead atoms. The number of thioether (sulfide) groups is 1. The predicted octanol–water partition coefficient (Wildman–Crippen LogP) is 5.75. The number of benzene rings is 3. The molecule has 0 radical (unpaired) electrons. The van der Waals surface area contributed by atoms with Crippen LogP contribution in [0.15, 0.2) is 72.0 Å². The zero-order valence-electron chi connectivity index (χ0n) is 24.1. The molecular weight excluding hydrogens is 593 g/mol. The van der Waals surface area contributed by atoms with Gasteiger partial charge in [-0.05, 0) is 74.6 Å². The van der Waals surface area contributed by atoms with Crippen molar-refractivity contribution < 1.29 is 27.8 Å². The van der Waals surface area contributed by atoms with E-state index in [1.807, 2.05) is 57.2 Å². The number of anilines is 1. The lowest BCUT2D eigenvalue weighted by molar-refractivity contribution is -0.274. The van der Waals surface area contributed by atoms with E-state index in [0.29, 0.717) is 16.7 Å². The van der Waals surface area contributed by atoms with Crippen LogP contribution >= 0.6 is 11.8 Å². The molecule has 1 unspecified atom stereocenters. The lowest BCUT2D eigenvalue weighted by atomic mass is 10.0. The predicted molar refractivity (Wildman–Crippen MR) is 162 cm³/mol. The van der Waals surface area contributed by atoms with Crippen LogP contribution in [0.4, 0.5) is 18.9 Å². The lowest BCUT2D eigenvalue weighted by Gasteiger charge is -2.24. The van der Waals surface area contributed by atoms with Crippen molar-refractivity contribution in [3.63, 3.8) is 0 Å². The maximum atomic E-state index is 12.8. The first-order chi connectivity index (χ1) is 20.9. The molecule has 0 spiro atoms. The molecule has 2 fully saturated rings. The number of nitrogens with one attached hydrogen (secondary N) is 1. The second-order valence-corrected chi connectivity index (χ2v) is 11.9. The molecule has 1 amide bonds. The van der Waals surface area contributed by atoms with Crippen LogP contribution in [-0.2, 0) is 10.3 Å². The first-order valence-corrected chi connectivity index (χ1v) is 14.9. The molecule has 1 aliphatic heterocycles. The summed E-state index contributed by atoms with van der Waals surface area (Å²) in [6.45, 7) is 5.95. The van der Waals surface area contributed by atoms with E-state index in [-0.39, 0.29) is 17.4 Å². The second-order valence-electron chi connectivity index (χ2n) is 10.9. The molecule has 228 valence electrons. The van der Waals surface area contributed by atoms with Crippen LogP contribution in [0.5, 0.6) is 5.75 Å². The second kappa shape index (κ2) is 11.4. The Hall–Kier alpha value is -4.20. The van der Waals surface area contributed by atoms with Crippen molar-refractivity contribution in [2.45, 2.75) is 51.9 Å². The van der Waals surface area contributed by atoms with Gasteiger partial charge in [0.1, 0.15) is 12.1 Å². The Kier molecular flexibility index (Phi) is 7.72. The number of amidine groups is 1. The Labute approximate surface area is 255 Å². The fourth-order valence-electron chi connectivity index (χ4n) is 5.49. The Morgan fingerprint density at radius 2 is 1.70 bits per heavy atom. The minimum Gasteiger partial charge on any atom is -0.406 e. The van der Waals surface area contributed by atoms with Crippen molar-refractivity contribution >= 4 is 28.5 Å². The molecule has 44 heavy (non-hydrogen) atoms. The monoisotopic (exact) mass is 622 g/mol. The summed E-state index contributed by atoms with van der Waals surface area (Å²) in [7, 11) is 0. The van der Waals surface area contributed by atoms with Gasteiger partial charge in [-0.3, -0.25) is 15.0 Å². The number of amides is 1. The van der Waals surface area contributed by atoms with Crippen molar-refractivity contribution in [2.75, 3.05) is 10.7 Å². The lowest BCUT2D eigenvalue weighted by Crippen LogP contribution is -2.39. The van der Waals surface area contributed by atoms with Crippen molar-refractivity contribution in [3.05, 3.63) is 89.2 Å². The van der Waals surface area contributed by atoms with Gasteiger partial charge in [-0.2, -0.15) is 0 Å². The van der Waals surface area contributed by atoms with Crippen molar-refractivity contribution in [1.82, 2.24) is 20.1 Å². The molecule has 2 heterocycles. The van der Waals surface area contributed by atoms with Crippen molar-refractivity contribution in [3.8, 4) is 22.8 Å². The Morgan fingerprint density at radius 3 is 2.32 bits per heavy atom. The minimum absolute atomic E-state index is 0.0729. The molecule has 2 N–H and O–H groups in total. The molecule has 4 aromatic rings. The standard InChI is InChI=1S/C31H29F3N6O3S/c1-18-14-19(2)26(20(3)15-18)40-25(41)16-44-29(40)36-28(42)37-30(12-13-30)22-6-4-21(5-7-22)27-35-17-39(38-27)23-8-10-24(11-9-23)43-31(32,33)34/h4-11,14-15,17,28,37,42H,12-13,16H2,1-3H3. The van der Waals surface area contributed by atoms with Crippen LogP contribution in [0.25, 0.3) is 17.1 Å². The number of halogens is 3. The van der Waals surface area contributed by atoms with Gasteiger partial charge < -0.3 is 9.84 Å². The number of carbonyl (C=O) groups excluding carboxylic acids is 1. The van der Waals surface area contributed by atoms with Gasteiger partial charge in [0.2, 0.25) is 12.3 Å². The SMILES string of the molecule is Cc1cc(C)c(N2C(=O)CSC2=NC(O)NC2(c3ccc(-c4ncn(-c5ccc(OC(F)(F)F)cc5)n4)cc3)CC2)c(C)c1. The van der Waals surface area contributed by atoms with Crippen LogP contribution in [0.1, 0.15) is 35.1 Å². The topological polar surface area (TPSA) is 105 Å². The van der Waals surface area contributed by atoms with Crippen LogP contribution in [0.3, 0.4) is 0 Å². The number of hydrogen-bond donors (Lipinski definition) is 2. The number of aliphatic hydroxyl groups is 1. The van der Waals surface area contributed by atoms with Gasteiger partial charge in [-0.1, -0.05) is 53.7 Å². The highest BCUT2D eigenvalue weighted by atomic mass is 32.2. The minimum atomic E-state index is -4.76. The third-order valence-corrected chi connectivity index (χ3v) is 8.47. The maximum absolute atomic E-state index is 12.8. The zero-order chi connectivity index (χ0) is 31.2. The number of rotatable bonds is 8. The van der Waals surface area contributed by atoms with E-state index >= 15 is 0 Å². The molecule has 13 heteroatoms. The Morgan fingerprint density at radius 1 is 1.05 bits per heavy atom. The molecule has 2 aliphatic rings. The van der Waals surface area contributed by atoms with Crippen molar-refractivity contribution in [1.29, 1.82) is 0 Å². The number of aliphatic hydroxyl groups excluding tert-OH is 1. The average Bonchev–Trinajstić information content (AvgIpc) is 3.40. The van der Waals surface area contributed by atoms with E-state index in [2.05, 4.69) is 25.1 Å². The van der Waals surface area contributed by atoms with Crippen LogP contribution in [-0.4, -0.2) is 49.4 Å². The molecule has 1 saturated heterocycles. The van der Waals surface area contributed by atoms with E-state index < -0.39 is 18.3 Å². The third kappa shape index (κ3) is 6.21. The summed E-state index contributed by atoms with van der Waals surface area (Å²) in [6, 6.07) is 17.1. The average molecular weight is 623 g/mol. The summed E-state index contributed by atoms with van der Waals surface area (Å²) >= 11 is 1.31. The first-order valence-electron chi connectivity index (χ1n) is 13.9. The highest BCUT2D eigenvalue weighted by Crippen LogP contribution is 2.46. The first kappa shape index (κ1) is 29.9. The summed E-state index contributed by atoms with van der Waals surface area (Å²) in [6.07, 6.45) is -2.88. The quantitative estimate of drug-likeness (QED) is 0.241. The zero-order valence-corrected chi connectivity index (χ0v) is 24.9. The van der Waals surface area contributed by atoms with Gasteiger partial charge in [0.05, 0.1) is 17.1 Å². The van der Waals surface area contributed by atoms with E-state index in [1.54, 1.807) is 4.90 Å². The van der Waals surface area contributed by atoms with Gasteiger partial charge in [0.25, 0.3) is 0 Å². The van der Waals surface area contributed by atoms with Gasteiger partial charge in [0.15, 0.2) is 11.0 Å². The summed E-state index contributed by atoms with van der Waals surface area (Å²) in [5.74, 6) is 0.310. The molecule has 1 aliphatic carbocycles. The van der Waals surface area contributed by atoms with Crippen molar-refractivity contribution in [2.24, 2.45) is 4.99 Å². The summed E-state index contributed by atoms with van der Waals surface area (Å²) in [5, 5.41) is 19.1. The molecule has 1 atom stereocenters. The summed E-state index contributed by atoms with van der Waals surface area (Å²) < 4.78 is 42.7. The third-order valence-electron chi connectivity index (χ3n) is 7.53. The molecule has 3 aromatic carbocycles. The van der Waals surface area contributed by atoms with Crippen LogP contribution < -0.4 is 15.0 Å². The number of nitrogens with zero attached hydrogens (tertiary/aromatic N) is 5. The number of carbonyl (C=O) groups is 1. The highest BCUT2D eigenvalue weighted by Gasteiger charge is 2.46. The van der Waals surface area contributed by atoms with E-state index in [1.165, 1.54) is 47.0 Å². The smallest absolute Gasteiger partial charge is 0.406 e. The number of alkyl halides is 3. The Balaban J connectivity index is 1.14. The molecule has 1 aromatic heterocycles. The molecule has 9 nitrogen and oxygen atoms in total. The largest absolute Gasteiger partial charge is 0.573 e. The highest BCUT2D eigenvalue weighted by molar-refractivity contribution is 8.15. The molecular formula is C31H29F3N6O3S. The summed E-state index contributed by atoms with van der Waals surface area (Å²) in [5.41, 5.74) is 5.65. The van der Waals surface area contributed by atoms with E-state index in [9.17, 15) is 23.1 Å². The fourth-order valence-corrected chi connectivity index (χ4v) is 6.36. The maximum Gasteiger partial charge on any atom is 0.573 e. The molecule has 6 rings (SSSR count). The Bertz CT molecular complexity index is 1710. The number of aliphatic imine (C=N–C) groups is 1. The summed E-state index contributed by atoms with van der Waals surface area (Å²) in [4.78, 5) is 23.3. The van der Waals surface area contributed by atoms with Gasteiger partial charge in [0, 0.05) is 11.1 Å². The van der Waals surface area contributed by atoms with Gasteiger partial charge in [-0.15, -0.1) is 18.3 Å². The number of aryl methyl sites for hydroxylation is 3. The van der Waals surface area contributed by atoms with Gasteiger partial charge >= 0.3 is 6.36 Å². The number of ether oxygens (including phenoxy) is 1. The number of hydrogen-bond acceptors (Lipinski definition) is 8. The normalized spacial score (nSPS) is 17.8.